The van der Waals surface area contributed by atoms with Crippen molar-refractivity contribution in [2.75, 3.05) is 19.6 Å². The zero-order valence-corrected chi connectivity index (χ0v) is 8.95. The number of rotatable bonds is 8. The number of carboxylic acid groups (broad SMARTS) is 1. The molecule has 0 spiro atoms. The Morgan fingerprint density at radius 1 is 1.53 bits per heavy atom. The summed E-state index contributed by atoms with van der Waals surface area (Å²) in [5, 5.41) is 14.0. The SMILES string of the molecule is C=CCNCC(=O)NCC(C)CC(=O)O. The summed E-state index contributed by atoms with van der Waals surface area (Å²) in [5.74, 6) is -1.03. The molecular weight excluding hydrogens is 196 g/mol. The molecule has 0 aliphatic heterocycles. The van der Waals surface area contributed by atoms with Crippen molar-refractivity contribution in [1.82, 2.24) is 10.6 Å². The molecular formula is C10H18N2O3. The molecule has 5 heteroatoms. The predicted octanol–water partition coefficient (Wildman–Crippen LogP) is -0.0110. The lowest BCUT2D eigenvalue weighted by Gasteiger charge is -2.10. The van der Waals surface area contributed by atoms with Crippen molar-refractivity contribution in [2.24, 2.45) is 5.92 Å². The average Bonchev–Trinajstić information content (AvgIpc) is 2.14. The van der Waals surface area contributed by atoms with Gasteiger partial charge >= 0.3 is 5.97 Å². The van der Waals surface area contributed by atoms with Gasteiger partial charge in [-0.25, -0.2) is 0 Å². The molecule has 0 rings (SSSR count). The highest BCUT2D eigenvalue weighted by molar-refractivity contribution is 5.78. The van der Waals surface area contributed by atoms with E-state index >= 15 is 0 Å². The first-order valence-corrected chi connectivity index (χ1v) is 4.86. The van der Waals surface area contributed by atoms with E-state index < -0.39 is 5.97 Å². The van der Waals surface area contributed by atoms with Crippen LogP contribution in [0.1, 0.15) is 13.3 Å². The molecule has 0 aromatic rings. The van der Waals surface area contributed by atoms with Gasteiger partial charge in [0.05, 0.1) is 6.54 Å². The maximum Gasteiger partial charge on any atom is 0.303 e. The van der Waals surface area contributed by atoms with Crippen molar-refractivity contribution >= 4 is 11.9 Å². The van der Waals surface area contributed by atoms with Gasteiger partial charge in [-0.05, 0) is 5.92 Å². The molecule has 0 bridgehead atoms. The fourth-order valence-corrected chi connectivity index (χ4v) is 1.01. The molecule has 15 heavy (non-hydrogen) atoms. The minimum Gasteiger partial charge on any atom is -0.481 e. The number of carbonyl (C=O) groups excluding carboxylic acids is 1. The first-order valence-electron chi connectivity index (χ1n) is 4.86. The lowest BCUT2D eigenvalue weighted by atomic mass is 10.1. The molecule has 1 unspecified atom stereocenters. The molecule has 1 atom stereocenters. The number of carbonyl (C=O) groups is 2. The van der Waals surface area contributed by atoms with E-state index in [0.717, 1.165) is 0 Å². The van der Waals surface area contributed by atoms with E-state index in [9.17, 15) is 9.59 Å². The van der Waals surface area contributed by atoms with Gasteiger partial charge in [0.15, 0.2) is 0 Å². The summed E-state index contributed by atoms with van der Waals surface area (Å²) in [7, 11) is 0. The average molecular weight is 214 g/mol. The Balaban J connectivity index is 3.52. The first-order chi connectivity index (χ1) is 7.06. The van der Waals surface area contributed by atoms with Crippen LogP contribution in [-0.4, -0.2) is 36.6 Å². The third kappa shape index (κ3) is 8.96. The maximum absolute atomic E-state index is 11.2. The molecule has 0 fully saturated rings. The van der Waals surface area contributed by atoms with E-state index in [1.807, 2.05) is 0 Å². The molecule has 0 aromatic carbocycles. The largest absolute Gasteiger partial charge is 0.481 e. The standard InChI is InChI=1S/C10H18N2O3/c1-3-4-11-7-9(13)12-6-8(2)5-10(14)15/h3,8,11H,1,4-7H2,2H3,(H,12,13)(H,14,15). The number of hydrogen-bond donors (Lipinski definition) is 3. The fraction of sp³-hybridized carbons (Fsp3) is 0.600. The topological polar surface area (TPSA) is 78.4 Å². The lowest BCUT2D eigenvalue weighted by Crippen LogP contribution is -2.36. The molecule has 5 nitrogen and oxygen atoms in total. The molecule has 0 radical (unpaired) electrons. The summed E-state index contributed by atoms with van der Waals surface area (Å²) < 4.78 is 0. The number of nitrogens with one attached hydrogen (secondary N) is 2. The normalized spacial score (nSPS) is 11.8. The second-order valence-corrected chi connectivity index (χ2v) is 3.43. The first kappa shape index (κ1) is 13.6. The Hall–Kier alpha value is -1.36. The molecule has 0 aromatic heterocycles. The third-order valence-electron chi connectivity index (χ3n) is 1.75. The summed E-state index contributed by atoms with van der Waals surface area (Å²) >= 11 is 0. The van der Waals surface area contributed by atoms with Crippen molar-refractivity contribution < 1.29 is 14.7 Å². The van der Waals surface area contributed by atoms with E-state index in [1.54, 1.807) is 13.0 Å². The Morgan fingerprint density at radius 2 is 2.20 bits per heavy atom. The smallest absolute Gasteiger partial charge is 0.303 e. The van der Waals surface area contributed by atoms with Crippen LogP contribution in [0.2, 0.25) is 0 Å². The Labute approximate surface area is 89.6 Å². The van der Waals surface area contributed by atoms with Crippen LogP contribution in [0.5, 0.6) is 0 Å². The van der Waals surface area contributed by atoms with Crippen LogP contribution in [-0.2, 0) is 9.59 Å². The predicted molar refractivity (Wildman–Crippen MR) is 57.5 cm³/mol. The van der Waals surface area contributed by atoms with E-state index in [1.165, 1.54) is 0 Å². The van der Waals surface area contributed by atoms with E-state index in [2.05, 4.69) is 17.2 Å². The Bertz CT molecular complexity index is 229. The molecule has 0 heterocycles. The highest BCUT2D eigenvalue weighted by atomic mass is 16.4. The fourth-order valence-electron chi connectivity index (χ4n) is 1.01. The molecule has 1 amide bonds. The van der Waals surface area contributed by atoms with Crippen molar-refractivity contribution in [3.63, 3.8) is 0 Å². The number of amides is 1. The van der Waals surface area contributed by atoms with Crippen LogP contribution >= 0.6 is 0 Å². The van der Waals surface area contributed by atoms with Gasteiger partial charge in [0.2, 0.25) is 5.91 Å². The second-order valence-electron chi connectivity index (χ2n) is 3.43. The van der Waals surface area contributed by atoms with E-state index in [4.69, 9.17) is 5.11 Å². The van der Waals surface area contributed by atoms with Gasteiger partial charge in [-0.1, -0.05) is 13.0 Å². The van der Waals surface area contributed by atoms with Crippen LogP contribution in [0.3, 0.4) is 0 Å². The van der Waals surface area contributed by atoms with Crippen LogP contribution in [0.25, 0.3) is 0 Å². The highest BCUT2D eigenvalue weighted by Crippen LogP contribution is 1.98. The van der Waals surface area contributed by atoms with Crippen LogP contribution in [0, 0.1) is 5.92 Å². The summed E-state index contributed by atoms with van der Waals surface area (Å²) in [4.78, 5) is 21.5. The summed E-state index contributed by atoms with van der Waals surface area (Å²) in [6.07, 6.45) is 1.74. The number of hydrogen-bond acceptors (Lipinski definition) is 3. The van der Waals surface area contributed by atoms with Crippen LogP contribution in [0.4, 0.5) is 0 Å². The quantitative estimate of drug-likeness (QED) is 0.392. The van der Waals surface area contributed by atoms with Crippen LogP contribution < -0.4 is 10.6 Å². The minimum atomic E-state index is -0.846. The second kappa shape index (κ2) is 7.99. The van der Waals surface area contributed by atoms with Crippen LogP contribution in [0.15, 0.2) is 12.7 Å². The summed E-state index contributed by atoms with van der Waals surface area (Å²) in [6, 6.07) is 0. The van der Waals surface area contributed by atoms with Gasteiger partial charge < -0.3 is 15.7 Å². The van der Waals surface area contributed by atoms with Gasteiger partial charge in [-0.15, -0.1) is 6.58 Å². The molecule has 86 valence electrons. The van der Waals surface area contributed by atoms with Crippen molar-refractivity contribution in [3.05, 3.63) is 12.7 Å². The van der Waals surface area contributed by atoms with E-state index in [-0.39, 0.29) is 24.8 Å². The minimum absolute atomic E-state index is 0.0501. The van der Waals surface area contributed by atoms with Gasteiger partial charge in [0.25, 0.3) is 0 Å². The van der Waals surface area contributed by atoms with Crippen molar-refractivity contribution in [3.8, 4) is 0 Å². The molecule has 0 aliphatic carbocycles. The summed E-state index contributed by atoms with van der Waals surface area (Å²) in [6.45, 7) is 6.49. The maximum atomic E-state index is 11.2. The summed E-state index contributed by atoms with van der Waals surface area (Å²) in [5.41, 5.74) is 0. The van der Waals surface area contributed by atoms with Gasteiger partial charge in [-0.3, -0.25) is 9.59 Å². The Morgan fingerprint density at radius 3 is 2.73 bits per heavy atom. The van der Waals surface area contributed by atoms with Gasteiger partial charge in [-0.2, -0.15) is 0 Å². The van der Waals surface area contributed by atoms with Crippen molar-refractivity contribution in [2.45, 2.75) is 13.3 Å². The monoisotopic (exact) mass is 214 g/mol. The molecule has 0 saturated heterocycles. The molecule has 3 N–H and O–H groups in total. The Kier molecular flexibility index (Phi) is 7.27. The molecule has 0 aliphatic rings. The third-order valence-corrected chi connectivity index (χ3v) is 1.75. The molecule has 0 saturated carbocycles. The zero-order chi connectivity index (χ0) is 11.7. The van der Waals surface area contributed by atoms with Crippen molar-refractivity contribution in [1.29, 1.82) is 0 Å². The lowest BCUT2D eigenvalue weighted by molar-refractivity contribution is -0.138. The number of carboxylic acids is 1. The number of aliphatic carboxylic acids is 1. The highest BCUT2D eigenvalue weighted by Gasteiger charge is 2.08. The van der Waals surface area contributed by atoms with E-state index in [0.29, 0.717) is 13.1 Å². The zero-order valence-electron chi connectivity index (χ0n) is 8.95. The van der Waals surface area contributed by atoms with Gasteiger partial charge in [0.1, 0.15) is 0 Å². The van der Waals surface area contributed by atoms with Gasteiger partial charge in [0, 0.05) is 19.5 Å².